The minimum absolute atomic E-state index is 0.294. The van der Waals surface area contributed by atoms with Gasteiger partial charge in [-0.2, -0.15) is 0 Å². The van der Waals surface area contributed by atoms with Gasteiger partial charge in [0.2, 0.25) is 5.91 Å². The van der Waals surface area contributed by atoms with Gasteiger partial charge < -0.3 is 30.5 Å². The molecule has 3 atom stereocenters. The highest BCUT2D eigenvalue weighted by molar-refractivity contribution is 5.93. The Labute approximate surface area is 223 Å². The minimum atomic E-state index is -1.79. The van der Waals surface area contributed by atoms with E-state index in [1.165, 1.54) is 44.9 Å². The number of carboxylic acid groups (broad SMARTS) is 2. The Morgan fingerprint density at radius 3 is 2.18 bits per heavy atom. The van der Waals surface area contributed by atoms with E-state index in [-0.39, 0.29) is 11.5 Å². The van der Waals surface area contributed by atoms with Crippen molar-refractivity contribution in [3.8, 4) is 0 Å². The van der Waals surface area contributed by atoms with Crippen molar-refractivity contribution in [2.75, 3.05) is 33.4 Å². The number of carbonyl (C=O) groups excluding carboxylic acids is 1. The molecule has 4 fully saturated rings. The fraction of sp³-hybridized carbons (Fsp3) is 0.679. The fourth-order valence-corrected chi connectivity index (χ4v) is 7.12. The highest BCUT2D eigenvalue weighted by atomic mass is 16.5. The van der Waals surface area contributed by atoms with Gasteiger partial charge in [-0.05, 0) is 56.2 Å². The Balaban J connectivity index is 0.000000323. The predicted octanol–water partition coefficient (Wildman–Crippen LogP) is 2.22. The van der Waals surface area contributed by atoms with E-state index < -0.39 is 24.5 Å². The summed E-state index contributed by atoms with van der Waals surface area (Å²) in [7, 11) is 1.86. The van der Waals surface area contributed by atoms with E-state index in [1.807, 2.05) is 25.3 Å². The van der Waals surface area contributed by atoms with Crippen LogP contribution in [0.1, 0.15) is 67.3 Å². The summed E-state index contributed by atoms with van der Waals surface area (Å²) in [5, 5.41) is 24.1. The van der Waals surface area contributed by atoms with Gasteiger partial charge in [-0.15, -0.1) is 0 Å². The van der Waals surface area contributed by atoms with Gasteiger partial charge in [0.05, 0.1) is 19.6 Å². The van der Waals surface area contributed by atoms with Crippen molar-refractivity contribution < 1.29 is 39.2 Å². The number of nitrogens with two attached hydrogens (primary N) is 1. The molecule has 3 unspecified atom stereocenters. The molecule has 38 heavy (non-hydrogen) atoms. The smallest absolute Gasteiger partial charge is 0.333 e. The summed E-state index contributed by atoms with van der Waals surface area (Å²) in [6.45, 7) is 4.15. The molecule has 2 aliphatic heterocycles. The Morgan fingerprint density at radius 2 is 1.74 bits per heavy atom. The second kappa shape index (κ2) is 11.7. The Bertz CT molecular complexity index is 1000. The first-order valence-corrected chi connectivity index (χ1v) is 13.5. The van der Waals surface area contributed by atoms with Gasteiger partial charge >= 0.3 is 11.9 Å². The maximum atomic E-state index is 11.8. The lowest BCUT2D eigenvalue weighted by Gasteiger charge is -2.58. The van der Waals surface area contributed by atoms with Crippen molar-refractivity contribution in [1.29, 1.82) is 0 Å². The molecule has 10 heteroatoms. The Hall–Kier alpha value is -2.53. The minimum Gasteiger partial charge on any atom is -0.481 e. The Morgan fingerprint density at radius 1 is 1.11 bits per heavy atom. The fourth-order valence-electron chi connectivity index (χ4n) is 7.12. The Kier molecular flexibility index (Phi) is 8.76. The number of ether oxygens (including phenoxy) is 2. The van der Waals surface area contributed by atoms with Crippen LogP contribution in [0.4, 0.5) is 0 Å². The zero-order valence-corrected chi connectivity index (χ0v) is 22.0. The summed E-state index contributed by atoms with van der Waals surface area (Å²) in [4.78, 5) is 34.0. The number of carboxylic acids is 2. The first kappa shape index (κ1) is 28.5. The zero-order chi connectivity index (χ0) is 27.5. The third-order valence-electron chi connectivity index (χ3n) is 9.17. The predicted molar refractivity (Wildman–Crippen MR) is 137 cm³/mol. The molecule has 1 spiro atoms. The van der Waals surface area contributed by atoms with E-state index in [9.17, 15) is 14.4 Å². The van der Waals surface area contributed by atoms with Crippen LogP contribution in [0.5, 0.6) is 0 Å². The van der Waals surface area contributed by atoms with Crippen molar-refractivity contribution in [2.45, 2.75) is 69.1 Å². The highest BCUT2D eigenvalue weighted by Crippen LogP contribution is 2.53. The van der Waals surface area contributed by atoms with E-state index in [2.05, 4.69) is 11.0 Å². The SMILES string of the molecule is COC1(c2cccc(C(N)=O)c2)C2CCCC1CN(C1CCC3(CC1)COC3)C2.O=C(O)CC(O)C(=O)O. The van der Waals surface area contributed by atoms with Crippen LogP contribution < -0.4 is 5.73 Å². The van der Waals surface area contributed by atoms with Gasteiger partial charge in [0.1, 0.15) is 5.60 Å². The normalized spacial score (nSPS) is 29.4. The molecule has 1 amide bonds. The number of aliphatic hydroxyl groups is 1. The van der Waals surface area contributed by atoms with Gasteiger partial charge in [-0.3, -0.25) is 14.5 Å². The second-order valence-electron chi connectivity index (χ2n) is 11.4. The van der Waals surface area contributed by atoms with Crippen LogP contribution >= 0.6 is 0 Å². The van der Waals surface area contributed by atoms with E-state index in [1.54, 1.807) is 0 Å². The van der Waals surface area contributed by atoms with Crippen molar-refractivity contribution in [1.82, 2.24) is 4.90 Å². The molecule has 2 aliphatic carbocycles. The van der Waals surface area contributed by atoms with Crippen LogP contribution in [0.3, 0.4) is 0 Å². The van der Waals surface area contributed by atoms with Gasteiger partial charge in [0.15, 0.2) is 6.10 Å². The summed E-state index contributed by atoms with van der Waals surface area (Å²) in [5.41, 5.74) is 7.51. The molecule has 5 N–H and O–H groups in total. The average molecular weight is 533 g/mol. The largest absolute Gasteiger partial charge is 0.481 e. The summed E-state index contributed by atoms with van der Waals surface area (Å²) in [6, 6.07) is 8.59. The van der Waals surface area contributed by atoms with Crippen LogP contribution in [0.2, 0.25) is 0 Å². The molecular weight excluding hydrogens is 492 g/mol. The number of likely N-dealkylation sites (tertiary alicyclic amines) is 1. The first-order chi connectivity index (χ1) is 18.1. The topological polar surface area (TPSA) is 160 Å². The average Bonchev–Trinajstić information content (AvgIpc) is 2.87. The van der Waals surface area contributed by atoms with Gasteiger partial charge in [0.25, 0.3) is 0 Å². The van der Waals surface area contributed by atoms with Gasteiger partial charge in [-0.25, -0.2) is 4.79 Å². The molecule has 1 aromatic carbocycles. The molecular formula is C28H40N2O8. The summed E-state index contributed by atoms with van der Waals surface area (Å²) in [5.74, 6) is -2.28. The third kappa shape index (κ3) is 5.73. The van der Waals surface area contributed by atoms with E-state index in [0.29, 0.717) is 28.9 Å². The number of piperidine rings is 1. The number of primary amides is 1. The lowest BCUT2D eigenvalue weighted by atomic mass is 9.61. The zero-order valence-electron chi connectivity index (χ0n) is 22.0. The third-order valence-corrected chi connectivity index (χ3v) is 9.17. The van der Waals surface area contributed by atoms with E-state index in [0.717, 1.165) is 31.9 Å². The summed E-state index contributed by atoms with van der Waals surface area (Å²) in [6.07, 6.45) is 6.35. The maximum Gasteiger partial charge on any atom is 0.333 e. The van der Waals surface area contributed by atoms with Crippen molar-refractivity contribution in [2.24, 2.45) is 23.0 Å². The number of nitrogens with zero attached hydrogens (tertiary/aromatic N) is 1. The molecule has 2 saturated heterocycles. The lowest BCUT2D eigenvalue weighted by Crippen LogP contribution is -2.61. The van der Waals surface area contributed by atoms with Crippen molar-refractivity contribution >= 4 is 17.8 Å². The summed E-state index contributed by atoms with van der Waals surface area (Å²) < 4.78 is 11.9. The van der Waals surface area contributed by atoms with Crippen LogP contribution in [0.25, 0.3) is 0 Å². The molecule has 0 aromatic heterocycles. The molecule has 2 saturated carbocycles. The molecule has 5 rings (SSSR count). The number of hydrogen-bond acceptors (Lipinski definition) is 7. The second-order valence-corrected chi connectivity index (χ2v) is 11.4. The standard InChI is InChI=1S/C24H34N2O3.C4H6O5/c1-28-24(18-5-2-4-17(12-18)22(25)27)19-6-3-7-20(24)14-26(13-19)21-8-10-23(11-9-21)15-29-16-23;5-2(4(8)9)1-3(6)7/h2,4-5,12,19-21H,3,6-11,13-16H2,1H3,(H2,25,27);2,5H,1H2,(H,6,7)(H,8,9). The maximum absolute atomic E-state index is 11.8. The molecule has 0 radical (unpaired) electrons. The molecule has 4 aliphatic rings. The van der Waals surface area contributed by atoms with Crippen LogP contribution in [-0.4, -0.2) is 83.6 Å². The van der Waals surface area contributed by atoms with Crippen LogP contribution in [-0.2, 0) is 24.7 Å². The molecule has 210 valence electrons. The van der Waals surface area contributed by atoms with Crippen molar-refractivity contribution in [3.05, 3.63) is 35.4 Å². The number of aliphatic carboxylic acids is 2. The number of rotatable bonds is 7. The van der Waals surface area contributed by atoms with E-state index in [4.69, 9.17) is 30.5 Å². The molecule has 10 nitrogen and oxygen atoms in total. The number of amides is 1. The molecule has 2 heterocycles. The number of methoxy groups -OCH3 is 1. The van der Waals surface area contributed by atoms with Crippen molar-refractivity contribution in [3.63, 3.8) is 0 Å². The molecule has 2 bridgehead atoms. The lowest BCUT2D eigenvalue weighted by molar-refractivity contribution is -0.182. The molecule has 1 aromatic rings. The van der Waals surface area contributed by atoms with Crippen LogP contribution in [0, 0.1) is 17.3 Å². The number of benzene rings is 1. The van der Waals surface area contributed by atoms with Gasteiger partial charge in [0, 0.05) is 49.1 Å². The monoisotopic (exact) mass is 532 g/mol. The number of hydrogen-bond donors (Lipinski definition) is 4. The highest BCUT2D eigenvalue weighted by Gasteiger charge is 2.54. The number of fused-ring (bicyclic) bond motifs is 2. The number of aliphatic hydroxyl groups excluding tert-OH is 1. The van der Waals surface area contributed by atoms with E-state index >= 15 is 0 Å². The van der Waals surface area contributed by atoms with Crippen LogP contribution in [0.15, 0.2) is 24.3 Å². The first-order valence-electron chi connectivity index (χ1n) is 13.5. The quantitative estimate of drug-likeness (QED) is 0.413. The number of carbonyl (C=O) groups is 3. The summed E-state index contributed by atoms with van der Waals surface area (Å²) >= 11 is 0. The van der Waals surface area contributed by atoms with Gasteiger partial charge in [-0.1, -0.05) is 18.6 Å².